The van der Waals surface area contributed by atoms with E-state index < -0.39 is 12.0 Å². The van der Waals surface area contributed by atoms with Gasteiger partial charge < -0.3 is 14.8 Å². The topological polar surface area (TPSA) is 63.1 Å². The third-order valence-electron chi connectivity index (χ3n) is 5.00. The Kier molecular flexibility index (Phi) is 4.80. The molecule has 0 bridgehead atoms. The molecule has 1 aromatic rings. The van der Waals surface area contributed by atoms with Crippen LogP contribution in [0.5, 0.6) is 0 Å². The van der Waals surface area contributed by atoms with Crippen molar-refractivity contribution in [3.05, 3.63) is 11.6 Å². The lowest BCUT2D eigenvalue weighted by Gasteiger charge is -2.32. The molecule has 1 aromatic heterocycles. The first-order valence-electron chi connectivity index (χ1n) is 8.34. The van der Waals surface area contributed by atoms with Gasteiger partial charge in [-0.3, -0.25) is 4.79 Å². The van der Waals surface area contributed by atoms with E-state index in [9.17, 15) is 18.0 Å². The SMILES string of the molecule is CC(CC(=O)N1CCn2c(nnc2C(F)(F)F)C1)C1CCCNC1. The molecule has 1 fully saturated rings. The van der Waals surface area contributed by atoms with E-state index in [1.54, 1.807) is 4.90 Å². The number of nitrogens with one attached hydrogen (secondary N) is 1. The van der Waals surface area contributed by atoms with E-state index in [2.05, 4.69) is 22.4 Å². The van der Waals surface area contributed by atoms with Crippen LogP contribution in [-0.4, -0.2) is 45.2 Å². The molecule has 9 heteroatoms. The van der Waals surface area contributed by atoms with Crippen LogP contribution in [0.15, 0.2) is 0 Å². The third kappa shape index (κ3) is 3.55. The van der Waals surface area contributed by atoms with E-state index >= 15 is 0 Å². The summed E-state index contributed by atoms with van der Waals surface area (Å²) in [5.41, 5.74) is 0. The van der Waals surface area contributed by atoms with Gasteiger partial charge in [-0.1, -0.05) is 6.92 Å². The highest BCUT2D eigenvalue weighted by atomic mass is 19.4. The van der Waals surface area contributed by atoms with Gasteiger partial charge in [0.1, 0.15) is 0 Å². The predicted molar refractivity (Wildman–Crippen MR) is 79.8 cm³/mol. The predicted octanol–water partition coefficient (Wildman–Crippen LogP) is 1.66. The number of carbonyl (C=O) groups is 1. The van der Waals surface area contributed by atoms with Gasteiger partial charge in [0.15, 0.2) is 5.82 Å². The Labute approximate surface area is 138 Å². The molecule has 3 rings (SSSR count). The van der Waals surface area contributed by atoms with Gasteiger partial charge in [0.2, 0.25) is 11.7 Å². The zero-order valence-corrected chi connectivity index (χ0v) is 13.6. The first kappa shape index (κ1) is 17.2. The Bertz CT molecular complexity index is 594. The number of amides is 1. The van der Waals surface area contributed by atoms with Crippen LogP contribution in [-0.2, 0) is 24.1 Å². The summed E-state index contributed by atoms with van der Waals surface area (Å²) in [5, 5.41) is 10.2. The highest BCUT2D eigenvalue weighted by Crippen LogP contribution is 2.30. The highest BCUT2D eigenvalue weighted by Gasteiger charge is 2.40. The minimum absolute atomic E-state index is 0.0177. The summed E-state index contributed by atoms with van der Waals surface area (Å²) in [7, 11) is 0. The number of piperidine rings is 1. The van der Waals surface area contributed by atoms with Crippen molar-refractivity contribution in [2.24, 2.45) is 11.8 Å². The molecule has 1 saturated heterocycles. The second kappa shape index (κ2) is 6.70. The molecule has 2 atom stereocenters. The molecule has 0 aromatic carbocycles. The van der Waals surface area contributed by atoms with Crippen LogP contribution < -0.4 is 5.32 Å². The first-order valence-corrected chi connectivity index (χ1v) is 8.34. The number of halogens is 3. The molecule has 1 amide bonds. The van der Waals surface area contributed by atoms with Gasteiger partial charge in [0.25, 0.3) is 0 Å². The van der Waals surface area contributed by atoms with Gasteiger partial charge in [0.05, 0.1) is 6.54 Å². The van der Waals surface area contributed by atoms with Crippen LogP contribution in [0, 0.1) is 11.8 Å². The Morgan fingerprint density at radius 3 is 2.83 bits per heavy atom. The van der Waals surface area contributed by atoms with Crippen LogP contribution in [0.2, 0.25) is 0 Å². The molecule has 0 aliphatic carbocycles. The largest absolute Gasteiger partial charge is 0.451 e. The molecular weight excluding hydrogens is 323 g/mol. The Balaban J connectivity index is 1.61. The molecule has 0 spiro atoms. The number of aromatic nitrogens is 3. The third-order valence-corrected chi connectivity index (χ3v) is 5.00. The fourth-order valence-corrected chi connectivity index (χ4v) is 3.52. The lowest BCUT2D eigenvalue weighted by molar-refractivity contribution is -0.148. The summed E-state index contributed by atoms with van der Waals surface area (Å²) in [6, 6.07) is 0. The monoisotopic (exact) mass is 345 g/mol. The molecule has 0 radical (unpaired) electrons. The van der Waals surface area contributed by atoms with Crippen molar-refractivity contribution in [1.82, 2.24) is 25.0 Å². The number of rotatable bonds is 3. The molecule has 2 aliphatic heterocycles. The fraction of sp³-hybridized carbons (Fsp3) is 0.800. The summed E-state index contributed by atoms with van der Waals surface area (Å²) in [4.78, 5) is 14.1. The summed E-state index contributed by atoms with van der Waals surface area (Å²) in [6.07, 6.45) is -1.85. The maximum absolute atomic E-state index is 12.8. The number of nitrogens with zero attached hydrogens (tertiary/aromatic N) is 4. The van der Waals surface area contributed by atoms with E-state index in [1.165, 1.54) is 0 Å². The smallest absolute Gasteiger partial charge is 0.333 e. The van der Waals surface area contributed by atoms with Crippen molar-refractivity contribution < 1.29 is 18.0 Å². The summed E-state index contributed by atoms with van der Waals surface area (Å²) >= 11 is 0. The van der Waals surface area contributed by atoms with Crippen LogP contribution in [0.25, 0.3) is 0 Å². The average Bonchev–Trinajstić information content (AvgIpc) is 2.98. The molecule has 134 valence electrons. The minimum Gasteiger partial charge on any atom is -0.333 e. The highest BCUT2D eigenvalue weighted by molar-refractivity contribution is 5.76. The summed E-state index contributed by atoms with van der Waals surface area (Å²) in [5.74, 6) is -0.0557. The first-order chi connectivity index (χ1) is 11.4. The second-order valence-electron chi connectivity index (χ2n) is 6.69. The number of hydrogen-bond donors (Lipinski definition) is 1. The van der Waals surface area contributed by atoms with Crippen molar-refractivity contribution in [3.63, 3.8) is 0 Å². The normalized spacial score (nSPS) is 23.0. The summed E-state index contributed by atoms with van der Waals surface area (Å²) < 4.78 is 39.6. The molecule has 0 saturated carbocycles. The minimum atomic E-state index is -4.51. The number of carbonyl (C=O) groups excluding carboxylic acids is 1. The van der Waals surface area contributed by atoms with E-state index in [0.717, 1.165) is 30.5 Å². The van der Waals surface area contributed by atoms with Crippen molar-refractivity contribution in [3.8, 4) is 0 Å². The van der Waals surface area contributed by atoms with Crippen molar-refractivity contribution in [2.75, 3.05) is 19.6 Å². The molecule has 1 N–H and O–H groups in total. The quantitative estimate of drug-likeness (QED) is 0.905. The van der Waals surface area contributed by atoms with Crippen LogP contribution in [0.4, 0.5) is 13.2 Å². The van der Waals surface area contributed by atoms with Crippen LogP contribution in [0.1, 0.15) is 37.8 Å². The van der Waals surface area contributed by atoms with E-state index in [1.807, 2.05) is 0 Å². The maximum atomic E-state index is 12.8. The average molecular weight is 345 g/mol. The molecule has 24 heavy (non-hydrogen) atoms. The maximum Gasteiger partial charge on any atom is 0.451 e. The van der Waals surface area contributed by atoms with Crippen LogP contribution in [0.3, 0.4) is 0 Å². The summed E-state index contributed by atoms with van der Waals surface area (Å²) in [6.45, 7) is 4.48. The van der Waals surface area contributed by atoms with Gasteiger partial charge in [-0.15, -0.1) is 10.2 Å². The lowest BCUT2D eigenvalue weighted by Crippen LogP contribution is -2.41. The molecular formula is C15H22F3N5O. The molecule has 6 nitrogen and oxygen atoms in total. The number of hydrogen-bond acceptors (Lipinski definition) is 4. The van der Waals surface area contributed by atoms with Gasteiger partial charge in [-0.05, 0) is 37.8 Å². The van der Waals surface area contributed by atoms with E-state index in [4.69, 9.17) is 0 Å². The fourth-order valence-electron chi connectivity index (χ4n) is 3.52. The van der Waals surface area contributed by atoms with Gasteiger partial charge in [0, 0.05) is 19.5 Å². The zero-order valence-electron chi connectivity index (χ0n) is 13.6. The number of alkyl halides is 3. The van der Waals surface area contributed by atoms with Crippen molar-refractivity contribution in [2.45, 2.75) is 45.5 Å². The lowest BCUT2D eigenvalue weighted by atomic mass is 9.85. The Hall–Kier alpha value is -1.64. The van der Waals surface area contributed by atoms with Crippen LogP contribution >= 0.6 is 0 Å². The van der Waals surface area contributed by atoms with Crippen molar-refractivity contribution >= 4 is 5.91 Å². The molecule has 3 heterocycles. The van der Waals surface area contributed by atoms with Gasteiger partial charge in [-0.2, -0.15) is 13.2 Å². The van der Waals surface area contributed by atoms with Gasteiger partial charge in [-0.25, -0.2) is 0 Å². The van der Waals surface area contributed by atoms with E-state index in [0.29, 0.717) is 12.3 Å². The Morgan fingerprint density at radius 2 is 2.17 bits per heavy atom. The molecule has 2 unspecified atom stereocenters. The van der Waals surface area contributed by atoms with Crippen molar-refractivity contribution in [1.29, 1.82) is 0 Å². The second-order valence-corrected chi connectivity index (χ2v) is 6.69. The number of fused-ring (bicyclic) bond motifs is 1. The zero-order chi connectivity index (χ0) is 17.3. The van der Waals surface area contributed by atoms with E-state index in [-0.39, 0.29) is 37.3 Å². The van der Waals surface area contributed by atoms with Gasteiger partial charge >= 0.3 is 6.18 Å². The molecule has 2 aliphatic rings. The Morgan fingerprint density at radius 1 is 1.38 bits per heavy atom. The standard InChI is InChI=1S/C15H22F3N5O/c1-10(11-3-2-4-19-8-11)7-13(24)22-5-6-23-12(9-22)20-21-14(23)15(16,17)18/h10-11,19H,2-9H2,1H3.